The first-order valence-electron chi connectivity index (χ1n) is 7.75. The predicted molar refractivity (Wildman–Crippen MR) is 88.0 cm³/mol. The lowest BCUT2D eigenvalue weighted by Gasteiger charge is -2.41. The quantitative estimate of drug-likeness (QED) is 0.771. The fourth-order valence-corrected chi connectivity index (χ4v) is 3.85. The molecule has 1 aliphatic carbocycles. The molecule has 0 atom stereocenters. The van der Waals surface area contributed by atoms with Gasteiger partial charge in [-0.25, -0.2) is 4.39 Å². The molecule has 1 fully saturated rings. The summed E-state index contributed by atoms with van der Waals surface area (Å²) in [5.41, 5.74) is 2.40. The molecule has 3 heteroatoms. The van der Waals surface area contributed by atoms with Crippen molar-refractivity contribution in [3.05, 3.63) is 47.1 Å². The van der Waals surface area contributed by atoms with Crippen molar-refractivity contribution in [1.29, 1.82) is 0 Å². The van der Waals surface area contributed by atoms with Crippen LogP contribution in [0.15, 0.2) is 35.7 Å². The Morgan fingerprint density at radius 3 is 2.76 bits per heavy atom. The first-order chi connectivity index (χ1) is 10.2. The van der Waals surface area contributed by atoms with Crippen molar-refractivity contribution in [2.75, 3.05) is 6.54 Å². The molecular weight excluding hydrogens is 281 g/mol. The fourth-order valence-electron chi connectivity index (χ4n) is 3.11. The number of rotatable bonds is 6. The van der Waals surface area contributed by atoms with Crippen LogP contribution in [0.3, 0.4) is 0 Å². The third-order valence-corrected chi connectivity index (χ3v) is 5.71. The van der Waals surface area contributed by atoms with Crippen LogP contribution in [0.4, 0.5) is 4.39 Å². The zero-order chi connectivity index (χ0) is 14.7. The lowest BCUT2D eigenvalue weighted by Crippen LogP contribution is -2.39. The maximum atomic E-state index is 13.9. The molecule has 112 valence electrons. The maximum absolute atomic E-state index is 13.9. The molecule has 2 aromatic rings. The Kier molecular flexibility index (Phi) is 4.41. The Balaban J connectivity index is 1.65. The third-order valence-electron chi connectivity index (χ3n) is 4.81. The average molecular weight is 303 g/mol. The monoisotopic (exact) mass is 303 g/mol. The SMILES string of the molecule is CCC1(CNCc2ccc(F)c(-c3cccs3)c2)CCC1. The molecule has 0 amide bonds. The fraction of sp³-hybridized carbons (Fsp3) is 0.444. The molecule has 1 N–H and O–H groups in total. The van der Waals surface area contributed by atoms with Gasteiger partial charge in [0, 0.05) is 23.5 Å². The topological polar surface area (TPSA) is 12.0 Å². The van der Waals surface area contributed by atoms with Gasteiger partial charge in [0.15, 0.2) is 0 Å². The van der Waals surface area contributed by atoms with Gasteiger partial charge in [0.05, 0.1) is 0 Å². The summed E-state index contributed by atoms with van der Waals surface area (Å²) in [6.45, 7) is 4.18. The number of hydrogen-bond donors (Lipinski definition) is 1. The van der Waals surface area contributed by atoms with E-state index in [1.807, 2.05) is 29.6 Å². The Morgan fingerprint density at radius 1 is 1.29 bits per heavy atom. The summed E-state index contributed by atoms with van der Waals surface area (Å²) in [6.07, 6.45) is 5.32. The van der Waals surface area contributed by atoms with Crippen LogP contribution >= 0.6 is 11.3 Å². The largest absolute Gasteiger partial charge is 0.312 e. The van der Waals surface area contributed by atoms with Gasteiger partial charge < -0.3 is 5.32 Å². The predicted octanol–water partition coefficient (Wildman–Crippen LogP) is 5.22. The Hall–Kier alpha value is -1.19. The van der Waals surface area contributed by atoms with Crippen LogP contribution in [0.1, 0.15) is 38.2 Å². The van der Waals surface area contributed by atoms with E-state index in [0.29, 0.717) is 5.41 Å². The molecule has 21 heavy (non-hydrogen) atoms. The van der Waals surface area contributed by atoms with E-state index in [0.717, 1.165) is 29.1 Å². The molecule has 3 rings (SSSR count). The minimum atomic E-state index is -0.134. The molecule has 1 aliphatic rings. The summed E-state index contributed by atoms with van der Waals surface area (Å²) in [5.74, 6) is -0.134. The number of benzene rings is 1. The highest BCUT2D eigenvalue weighted by molar-refractivity contribution is 7.13. The van der Waals surface area contributed by atoms with Crippen molar-refractivity contribution in [3.8, 4) is 10.4 Å². The zero-order valence-corrected chi connectivity index (χ0v) is 13.3. The summed E-state index contributed by atoms with van der Waals surface area (Å²) in [5, 5.41) is 5.56. The molecule has 1 heterocycles. The molecule has 0 aliphatic heterocycles. The third kappa shape index (κ3) is 3.19. The highest BCUT2D eigenvalue weighted by atomic mass is 32.1. The highest BCUT2D eigenvalue weighted by Crippen LogP contribution is 2.43. The van der Waals surface area contributed by atoms with Crippen molar-refractivity contribution in [2.24, 2.45) is 5.41 Å². The van der Waals surface area contributed by atoms with Gasteiger partial charge >= 0.3 is 0 Å². The van der Waals surface area contributed by atoms with E-state index in [4.69, 9.17) is 0 Å². The van der Waals surface area contributed by atoms with E-state index in [1.54, 1.807) is 17.4 Å². The minimum absolute atomic E-state index is 0.134. The van der Waals surface area contributed by atoms with Gasteiger partial charge in [-0.05, 0) is 53.8 Å². The Labute approximate surface area is 130 Å². The maximum Gasteiger partial charge on any atom is 0.131 e. The molecule has 1 aromatic heterocycles. The molecule has 0 bridgehead atoms. The Bertz CT molecular complexity index is 582. The molecule has 0 radical (unpaired) electrons. The second kappa shape index (κ2) is 6.29. The summed E-state index contributed by atoms with van der Waals surface area (Å²) >= 11 is 1.58. The zero-order valence-electron chi connectivity index (χ0n) is 12.5. The van der Waals surface area contributed by atoms with Gasteiger partial charge in [-0.15, -0.1) is 11.3 Å². The molecule has 1 saturated carbocycles. The van der Waals surface area contributed by atoms with Gasteiger partial charge in [-0.2, -0.15) is 0 Å². The van der Waals surface area contributed by atoms with Crippen molar-refractivity contribution >= 4 is 11.3 Å². The lowest BCUT2D eigenvalue weighted by atomic mass is 9.67. The molecule has 1 nitrogen and oxygen atoms in total. The number of thiophene rings is 1. The van der Waals surface area contributed by atoms with Crippen LogP contribution in [0.25, 0.3) is 10.4 Å². The van der Waals surface area contributed by atoms with Crippen LogP contribution < -0.4 is 5.32 Å². The van der Waals surface area contributed by atoms with E-state index < -0.39 is 0 Å². The van der Waals surface area contributed by atoms with Gasteiger partial charge in [0.2, 0.25) is 0 Å². The van der Waals surface area contributed by atoms with Crippen LogP contribution in [0, 0.1) is 11.2 Å². The highest BCUT2D eigenvalue weighted by Gasteiger charge is 2.34. The van der Waals surface area contributed by atoms with Crippen molar-refractivity contribution in [1.82, 2.24) is 5.32 Å². The van der Waals surface area contributed by atoms with Crippen LogP contribution in [-0.4, -0.2) is 6.54 Å². The second-order valence-corrected chi connectivity index (χ2v) is 7.05. The van der Waals surface area contributed by atoms with E-state index in [-0.39, 0.29) is 5.82 Å². The number of halogens is 1. The van der Waals surface area contributed by atoms with Gasteiger partial charge in [0.1, 0.15) is 5.82 Å². The van der Waals surface area contributed by atoms with Gasteiger partial charge in [-0.1, -0.05) is 25.5 Å². The Morgan fingerprint density at radius 2 is 2.14 bits per heavy atom. The van der Waals surface area contributed by atoms with E-state index in [9.17, 15) is 4.39 Å². The van der Waals surface area contributed by atoms with E-state index >= 15 is 0 Å². The second-order valence-electron chi connectivity index (χ2n) is 6.10. The minimum Gasteiger partial charge on any atom is -0.312 e. The standard InChI is InChI=1S/C18H22FNS/c1-2-18(8-4-9-18)13-20-12-14-6-7-16(19)15(11-14)17-5-3-10-21-17/h3,5-7,10-11,20H,2,4,8-9,12-13H2,1H3. The normalized spacial score (nSPS) is 16.7. The van der Waals surface area contributed by atoms with Crippen molar-refractivity contribution in [3.63, 3.8) is 0 Å². The van der Waals surface area contributed by atoms with Crippen LogP contribution in [0.2, 0.25) is 0 Å². The van der Waals surface area contributed by atoms with Crippen LogP contribution in [0.5, 0.6) is 0 Å². The van der Waals surface area contributed by atoms with E-state index in [2.05, 4.69) is 12.2 Å². The number of nitrogens with one attached hydrogen (secondary N) is 1. The molecule has 1 aromatic carbocycles. The molecular formula is C18H22FNS. The average Bonchev–Trinajstić information content (AvgIpc) is 2.97. The lowest BCUT2D eigenvalue weighted by molar-refractivity contribution is 0.124. The molecule has 0 unspecified atom stereocenters. The summed E-state index contributed by atoms with van der Waals surface area (Å²) in [4.78, 5) is 0.998. The van der Waals surface area contributed by atoms with Gasteiger partial charge in [-0.3, -0.25) is 0 Å². The number of hydrogen-bond acceptors (Lipinski definition) is 2. The first-order valence-corrected chi connectivity index (χ1v) is 8.63. The van der Waals surface area contributed by atoms with Gasteiger partial charge in [0.25, 0.3) is 0 Å². The van der Waals surface area contributed by atoms with Crippen molar-refractivity contribution in [2.45, 2.75) is 39.2 Å². The summed E-state index contributed by atoms with van der Waals surface area (Å²) in [7, 11) is 0. The van der Waals surface area contributed by atoms with Crippen LogP contribution in [-0.2, 0) is 6.54 Å². The van der Waals surface area contributed by atoms with Crippen molar-refractivity contribution < 1.29 is 4.39 Å². The molecule has 0 spiro atoms. The first kappa shape index (κ1) is 14.7. The smallest absolute Gasteiger partial charge is 0.131 e. The summed E-state index contributed by atoms with van der Waals surface area (Å²) in [6, 6.07) is 9.39. The van der Waals surface area contributed by atoms with E-state index in [1.165, 1.54) is 25.7 Å². The molecule has 0 saturated heterocycles. The summed E-state index contributed by atoms with van der Waals surface area (Å²) < 4.78 is 13.9.